The van der Waals surface area contributed by atoms with Crippen LogP contribution in [0.15, 0.2) is 18.2 Å². The molecule has 0 amide bonds. The lowest BCUT2D eigenvalue weighted by Gasteiger charge is -2.24. The van der Waals surface area contributed by atoms with Crippen molar-refractivity contribution in [2.45, 2.75) is 33.8 Å². The molecule has 1 N–H and O–H groups in total. The normalized spacial score (nSPS) is 13.1. The maximum atomic E-state index is 6.13. The van der Waals surface area contributed by atoms with E-state index in [1.807, 2.05) is 0 Å². The van der Waals surface area contributed by atoms with Crippen LogP contribution in [-0.4, -0.2) is 19.2 Å². The lowest BCUT2D eigenvalue weighted by Crippen LogP contribution is -2.37. The van der Waals surface area contributed by atoms with Gasteiger partial charge in [0.1, 0.15) is 11.9 Å². The molecule has 0 aliphatic heterocycles. The molecule has 0 saturated carbocycles. The Balaban J connectivity index is 2.64. The molecule has 0 aliphatic carbocycles. The average molecular weight is 304 g/mol. The molecule has 1 aromatic carbocycles. The van der Waals surface area contributed by atoms with Crippen molar-refractivity contribution in [3.63, 3.8) is 0 Å². The van der Waals surface area contributed by atoms with Crippen LogP contribution in [0.25, 0.3) is 0 Å². The first-order chi connectivity index (χ1) is 8.90. The number of hydrogen-bond acceptors (Lipinski definition) is 2. The largest absolute Gasteiger partial charge is 0.487 e. The molecule has 0 aliphatic rings. The van der Waals surface area contributed by atoms with Crippen molar-refractivity contribution in [1.29, 1.82) is 0 Å². The van der Waals surface area contributed by atoms with E-state index in [4.69, 9.17) is 27.9 Å². The molecule has 108 valence electrons. The Kier molecular flexibility index (Phi) is 6.98. The first-order valence-electron chi connectivity index (χ1n) is 6.72. The summed E-state index contributed by atoms with van der Waals surface area (Å²) in [4.78, 5) is 0. The van der Waals surface area contributed by atoms with E-state index in [0.29, 0.717) is 27.6 Å². The zero-order chi connectivity index (χ0) is 14.4. The van der Waals surface area contributed by atoms with Gasteiger partial charge in [0.15, 0.2) is 0 Å². The van der Waals surface area contributed by atoms with Gasteiger partial charge in [-0.25, -0.2) is 0 Å². The molecule has 0 fully saturated rings. The fourth-order valence-electron chi connectivity index (χ4n) is 1.66. The van der Waals surface area contributed by atoms with Gasteiger partial charge >= 0.3 is 0 Å². The van der Waals surface area contributed by atoms with Gasteiger partial charge in [-0.3, -0.25) is 0 Å². The number of hydrogen-bond donors (Lipinski definition) is 1. The van der Waals surface area contributed by atoms with Crippen LogP contribution in [0.5, 0.6) is 5.75 Å². The molecular weight excluding hydrogens is 281 g/mol. The van der Waals surface area contributed by atoms with Gasteiger partial charge in [0, 0.05) is 17.6 Å². The van der Waals surface area contributed by atoms with Gasteiger partial charge < -0.3 is 10.1 Å². The maximum Gasteiger partial charge on any atom is 0.139 e. The standard InChI is InChI=1S/C15H23Cl2NO/c1-10(2)8-18-9-15(11(3)4)19-14-7-12(16)5-6-13(14)17/h5-7,10-11,15,18H,8-9H2,1-4H3. The Bertz CT molecular complexity index is 394. The summed E-state index contributed by atoms with van der Waals surface area (Å²) in [5.74, 6) is 1.68. The van der Waals surface area contributed by atoms with Crippen LogP contribution < -0.4 is 10.1 Å². The summed E-state index contributed by atoms with van der Waals surface area (Å²) in [7, 11) is 0. The Labute approximate surface area is 126 Å². The maximum absolute atomic E-state index is 6.13. The minimum Gasteiger partial charge on any atom is -0.487 e. The summed E-state index contributed by atoms with van der Waals surface area (Å²) in [5, 5.41) is 4.65. The zero-order valence-electron chi connectivity index (χ0n) is 12.0. The smallest absolute Gasteiger partial charge is 0.139 e. The summed E-state index contributed by atoms with van der Waals surface area (Å²) in [5.41, 5.74) is 0. The van der Waals surface area contributed by atoms with Crippen LogP contribution in [0, 0.1) is 11.8 Å². The van der Waals surface area contributed by atoms with Crippen molar-refractivity contribution in [2.75, 3.05) is 13.1 Å². The summed E-state index contributed by atoms with van der Waals surface area (Å²) >= 11 is 12.1. The second-order valence-electron chi connectivity index (χ2n) is 5.53. The number of ether oxygens (including phenoxy) is 1. The Morgan fingerprint density at radius 1 is 1.11 bits per heavy atom. The monoisotopic (exact) mass is 303 g/mol. The van der Waals surface area contributed by atoms with Gasteiger partial charge in [0.2, 0.25) is 0 Å². The third-order valence-electron chi connectivity index (χ3n) is 2.81. The first-order valence-corrected chi connectivity index (χ1v) is 7.48. The molecule has 0 spiro atoms. The zero-order valence-corrected chi connectivity index (χ0v) is 13.6. The Morgan fingerprint density at radius 2 is 1.79 bits per heavy atom. The predicted octanol–water partition coefficient (Wildman–Crippen LogP) is 4.64. The molecule has 1 rings (SSSR count). The van der Waals surface area contributed by atoms with Gasteiger partial charge in [-0.05, 0) is 30.5 Å². The second-order valence-corrected chi connectivity index (χ2v) is 6.37. The Morgan fingerprint density at radius 3 is 2.37 bits per heavy atom. The molecule has 4 heteroatoms. The Hall–Kier alpha value is -0.440. The van der Waals surface area contributed by atoms with E-state index in [-0.39, 0.29) is 6.10 Å². The van der Waals surface area contributed by atoms with Gasteiger partial charge in [-0.1, -0.05) is 50.9 Å². The average Bonchev–Trinajstić information content (AvgIpc) is 2.31. The molecule has 0 radical (unpaired) electrons. The van der Waals surface area contributed by atoms with Crippen molar-refractivity contribution in [1.82, 2.24) is 5.32 Å². The topological polar surface area (TPSA) is 21.3 Å². The van der Waals surface area contributed by atoms with Gasteiger partial charge in [-0.15, -0.1) is 0 Å². The molecular formula is C15H23Cl2NO. The lowest BCUT2D eigenvalue weighted by molar-refractivity contribution is 0.148. The third-order valence-corrected chi connectivity index (χ3v) is 3.36. The van der Waals surface area contributed by atoms with Crippen molar-refractivity contribution in [3.05, 3.63) is 28.2 Å². The van der Waals surface area contributed by atoms with Crippen LogP contribution in [0.4, 0.5) is 0 Å². The molecule has 0 saturated heterocycles. The minimum absolute atomic E-state index is 0.0784. The second kappa shape index (κ2) is 7.98. The van der Waals surface area contributed by atoms with Gasteiger partial charge in [-0.2, -0.15) is 0 Å². The molecule has 0 heterocycles. The highest BCUT2D eigenvalue weighted by molar-refractivity contribution is 6.34. The van der Waals surface area contributed by atoms with E-state index in [9.17, 15) is 0 Å². The fraction of sp³-hybridized carbons (Fsp3) is 0.600. The minimum atomic E-state index is 0.0784. The van der Waals surface area contributed by atoms with E-state index in [0.717, 1.165) is 13.1 Å². The molecule has 0 bridgehead atoms. The van der Waals surface area contributed by atoms with Crippen LogP contribution in [0.3, 0.4) is 0 Å². The highest BCUT2D eigenvalue weighted by atomic mass is 35.5. The number of halogens is 2. The number of benzene rings is 1. The summed E-state index contributed by atoms with van der Waals surface area (Å²) in [6.07, 6.45) is 0.0784. The molecule has 1 atom stereocenters. The van der Waals surface area contributed by atoms with Gasteiger partial charge in [0.05, 0.1) is 5.02 Å². The summed E-state index contributed by atoms with van der Waals surface area (Å²) in [6.45, 7) is 10.4. The number of rotatable bonds is 7. The van der Waals surface area contributed by atoms with Crippen LogP contribution in [-0.2, 0) is 0 Å². The lowest BCUT2D eigenvalue weighted by atomic mass is 10.1. The van der Waals surface area contributed by atoms with Crippen molar-refractivity contribution >= 4 is 23.2 Å². The van der Waals surface area contributed by atoms with E-state index >= 15 is 0 Å². The summed E-state index contributed by atoms with van der Waals surface area (Å²) < 4.78 is 5.99. The fourth-order valence-corrected chi connectivity index (χ4v) is 1.98. The van der Waals surface area contributed by atoms with E-state index in [1.165, 1.54) is 0 Å². The van der Waals surface area contributed by atoms with Crippen molar-refractivity contribution in [3.8, 4) is 5.75 Å². The first kappa shape index (κ1) is 16.6. The third kappa shape index (κ3) is 6.03. The quantitative estimate of drug-likeness (QED) is 0.792. The van der Waals surface area contributed by atoms with Gasteiger partial charge in [0.25, 0.3) is 0 Å². The highest BCUT2D eigenvalue weighted by Crippen LogP contribution is 2.29. The van der Waals surface area contributed by atoms with E-state index in [2.05, 4.69) is 33.0 Å². The van der Waals surface area contributed by atoms with Crippen LogP contribution >= 0.6 is 23.2 Å². The number of nitrogens with one attached hydrogen (secondary N) is 1. The van der Waals surface area contributed by atoms with E-state index in [1.54, 1.807) is 18.2 Å². The van der Waals surface area contributed by atoms with Crippen molar-refractivity contribution in [2.24, 2.45) is 11.8 Å². The van der Waals surface area contributed by atoms with Crippen LogP contribution in [0.1, 0.15) is 27.7 Å². The summed E-state index contributed by atoms with van der Waals surface area (Å²) in [6, 6.07) is 5.29. The SMILES string of the molecule is CC(C)CNCC(Oc1cc(Cl)ccc1Cl)C(C)C. The molecule has 2 nitrogen and oxygen atoms in total. The van der Waals surface area contributed by atoms with Crippen LogP contribution in [0.2, 0.25) is 10.0 Å². The predicted molar refractivity (Wildman–Crippen MR) is 83.4 cm³/mol. The van der Waals surface area contributed by atoms with E-state index < -0.39 is 0 Å². The molecule has 1 aromatic rings. The molecule has 19 heavy (non-hydrogen) atoms. The molecule has 0 aromatic heterocycles. The molecule has 1 unspecified atom stereocenters. The highest BCUT2D eigenvalue weighted by Gasteiger charge is 2.16. The van der Waals surface area contributed by atoms with Crippen molar-refractivity contribution < 1.29 is 4.74 Å².